The van der Waals surface area contributed by atoms with Crippen LogP contribution < -0.4 is 15.0 Å². The van der Waals surface area contributed by atoms with Gasteiger partial charge in [-0.2, -0.15) is 0 Å². The SMILES string of the molecule is COc1ccc(NC(=O)CN2C(=O)S/C(=C/c3ccc(N4CCCCC4)c(F)c3)C2=O)cc1. The molecule has 7 nitrogen and oxygen atoms in total. The average Bonchev–Trinajstić information content (AvgIpc) is 3.07. The van der Waals surface area contributed by atoms with Gasteiger partial charge in [-0.15, -0.1) is 0 Å². The number of nitrogens with zero attached hydrogens (tertiary/aromatic N) is 2. The van der Waals surface area contributed by atoms with Crippen molar-refractivity contribution in [3.05, 3.63) is 58.8 Å². The van der Waals surface area contributed by atoms with Crippen LogP contribution in [0.3, 0.4) is 0 Å². The summed E-state index contributed by atoms with van der Waals surface area (Å²) < 4.78 is 19.8. The van der Waals surface area contributed by atoms with E-state index < -0.39 is 23.6 Å². The molecule has 0 radical (unpaired) electrons. The van der Waals surface area contributed by atoms with Gasteiger partial charge in [0.25, 0.3) is 11.1 Å². The van der Waals surface area contributed by atoms with E-state index in [1.54, 1.807) is 43.5 Å². The first-order chi connectivity index (χ1) is 15.9. The second-order valence-electron chi connectivity index (χ2n) is 7.80. The fourth-order valence-corrected chi connectivity index (χ4v) is 4.65. The van der Waals surface area contributed by atoms with E-state index in [1.165, 1.54) is 12.1 Å². The van der Waals surface area contributed by atoms with Crippen molar-refractivity contribution in [2.24, 2.45) is 0 Å². The maximum absolute atomic E-state index is 14.7. The molecule has 0 aromatic heterocycles. The number of ether oxygens (including phenoxy) is 1. The molecule has 2 fully saturated rings. The third kappa shape index (κ3) is 5.36. The van der Waals surface area contributed by atoms with E-state index in [9.17, 15) is 18.8 Å². The minimum Gasteiger partial charge on any atom is -0.497 e. The van der Waals surface area contributed by atoms with Crippen LogP contribution in [0.1, 0.15) is 24.8 Å². The van der Waals surface area contributed by atoms with E-state index in [-0.39, 0.29) is 10.7 Å². The molecule has 0 bridgehead atoms. The summed E-state index contributed by atoms with van der Waals surface area (Å²) in [6.45, 7) is 1.25. The number of carbonyl (C=O) groups is 3. The van der Waals surface area contributed by atoms with Gasteiger partial charge < -0.3 is 15.0 Å². The number of thioether (sulfide) groups is 1. The summed E-state index contributed by atoms with van der Waals surface area (Å²) in [5.74, 6) is -0.788. The molecule has 33 heavy (non-hydrogen) atoms. The van der Waals surface area contributed by atoms with Gasteiger partial charge in [0.15, 0.2) is 0 Å². The van der Waals surface area contributed by atoms with Gasteiger partial charge in [-0.25, -0.2) is 4.39 Å². The Hall–Kier alpha value is -3.33. The van der Waals surface area contributed by atoms with Crippen LogP contribution in [-0.4, -0.2) is 48.7 Å². The number of amides is 3. The van der Waals surface area contributed by atoms with Crippen molar-refractivity contribution in [3.63, 3.8) is 0 Å². The number of carbonyl (C=O) groups excluding carboxylic acids is 3. The number of piperidine rings is 1. The molecule has 2 aliphatic rings. The van der Waals surface area contributed by atoms with E-state index in [4.69, 9.17) is 4.74 Å². The lowest BCUT2D eigenvalue weighted by atomic mass is 10.1. The number of hydrogen-bond acceptors (Lipinski definition) is 6. The zero-order valence-corrected chi connectivity index (χ0v) is 19.0. The highest BCUT2D eigenvalue weighted by molar-refractivity contribution is 8.18. The number of hydrogen-bond donors (Lipinski definition) is 1. The summed E-state index contributed by atoms with van der Waals surface area (Å²) in [7, 11) is 1.54. The Bertz CT molecular complexity index is 1100. The minimum absolute atomic E-state index is 0.155. The van der Waals surface area contributed by atoms with Crippen LogP contribution in [0.2, 0.25) is 0 Å². The molecule has 2 aliphatic heterocycles. The standard InChI is InChI=1S/C24H24FN3O4S/c1-32-18-8-6-17(7-9-18)26-22(29)15-28-23(30)21(33-24(28)31)14-16-5-10-20(19(25)13-16)27-11-3-2-4-12-27/h5-10,13-14H,2-4,11-12,15H2,1H3,(H,26,29)/b21-14+. The second kappa shape index (κ2) is 10.1. The van der Waals surface area contributed by atoms with E-state index in [2.05, 4.69) is 5.32 Å². The van der Waals surface area contributed by atoms with Crippen molar-refractivity contribution in [2.75, 3.05) is 37.0 Å². The van der Waals surface area contributed by atoms with Crippen LogP contribution in [0, 0.1) is 5.82 Å². The van der Waals surface area contributed by atoms with Gasteiger partial charge in [-0.3, -0.25) is 19.3 Å². The van der Waals surface area contributed by atoms with E-state index in [1.807, 2.05) is 4.90 Å². The Balaban J connectivity index is 1.41. The summed E-state index contributed by atoms with van der Waals surface area (Å²) in [6.07, 6.45) is 4.72. The van der Waals surface area contributed by atoms with Crippen LogP contribution in [-0.2, 0) is 9.59 Å². The van der Waals surface area contributed by atoms with Crippen molar-refractivity contribution in [3.8, 4) is 5.75 Å². The predicted octanol–water partition coefficient (Wildman–Crippen LogP) is 4.50. The number of rotatable bonds is 6. The minimum atomic E-state index is -0.574. The maximum atomic E-state index is 14.7. The monoisotopic (exact) mass is 469 g/mol. The molecule has 2 aromatic carbocycles. The van der Waals surface area contributed by atoms with Crippen LogP contribution in [0.5, 0.6) is 5.75 Å². The fraction of sp³-hybridized carbons (Fsp3) is 0.292. The van der Waals surface area contributed by atoms with Gasteiger partial charge in [0.05, 0.1) is 17.7 Å². The number of benzene rings is 2. The van der Waals surface area contributed by atoms with Crippen molar-refractivity contribution < 1.29 is 23.5 Å². The van der Waals surface area contributed by atoms with E-state index in [0.29, 0.717) is 22.7 Å². The first-order valence-corrected chi connectivity index (χ1v) is 11.5. The molecule has 2 aromatic rings. The maximum Gasteiger partial charge on any atom is 0.294 e. The van der Waals surface area contributed by atoms with Crippen molar-refractivity contribution in [1.82, 2.24) is 4.90 Å². The summed E-state index contributed by atoms with van der Waals surface area (Å²) in [5.41, 5.74) is 1.56. The molecule has 0 unspecified atom stereocenters. The lowest BCUT2D eigenvalue weighted by molar-refractivity contribution is -0.127. The highest BCUT2D eigenvalue weighted by Crippen LogP contribution is 2.33. The smallest absolute Gasteiger partial charge is 0.294 e. The third-order valence-corrected chi connectivity index (χ3v) is 6.42. The number of halogens is 1. The van der Waals surface area contributed by atoms with Gasteiger partial charge in [0.1, 0.15) is 18.1 Å². The summed E-state index contributed by atoms with van der Waals surface area (Å²) in [6, 6.07) is 11.5. The fourth-order valence-electron chi connectivity index (χ4n) is 3.81. The highest BCUT2D eigenvalue weighted by Gasteiger charge is 2.36. The third-order valence-electron chi connectivity index (χ3n) is 5.52. The highest BCUT2D eigenvalue weighted by atomic mass is 32.2. The van der Waals surface area contributed by atoms with Crippen molar-refractivity contribution in [2.45, 2.75) is 19.3 Å². The van der Waals surface area contributed by atoms with Gasteiger partial charge in [-0.05, 0) is 79.1 Å². The number of methoxy groups -OCH3 is 1. The normalized spacial score (nSPS) is 17.6. The topological polar surface area (TPSA) is 79.0 Å². The van der Waals surface area contributed by atoms with Crippen molar-refractivity contribution >= 4 is 46.3 Å². The Morgan fingerprint density at radius 2 is 1.85 bits per heavy atom. The quantitative estimate of drug-likeness (QED) is 0.628. The molecular weight excluding hydrogens is 445 g/mol. The van der Waals surface area contributed by atoms with E-state index in [0.717, 1.165) is 49.0 Å². The zero-order chi connectivity index (χ0) is 23.4. The summed E-state index contributed by atoms with van der Waals surface area (Å²) >= 11 is 0.737. The van der Waals surface area contributed by atoms with Gasteiger partial charge >= 0.3 is 0 Å². The number of nitrogens with one attached hydrogen (secondary N) is 1. The lowest BCUT2D eigenvalue weighted by Crippen LogP contribution is -2.36. The Labute approximate surface area is 195 Å². The molecule has 2 saturated heterocycles. The van der Waals surface area contributed by atoms with Gasteiger partial charge in [-0.1, -0.05) is 6.07 Å². The first-order valence-electron chi connectivity index (χ1n) is 10.7. The number of imide groups is 1. The summed E-state index contributed by atoms with van der Waals surface area (Å²) in [4.78, 5) is 40.4. The Morgan fingerprint density at radius 1 is 1.12 bits per heavy atom. The molecule has 2 heterocycles. The van der Waals surface area contributed by atoms with Crippen molar-refractivity contribution in [1.29, 1.82) is 0 Å². The number of anilines is 2. The van der Waals surface area contributed by atoms with Crippen LogP contribution in [0.15, 0.2) is 47.4 Å². The molecule has 4 rings (SSSR count). The molecular formula is C24H24FN3O4S. The van der Waals surface area contributed by atoms with Crippen LogP contribution in [0.4, 0.5) is 20.6 Å². The molecule has 172 valence electrons. The zero-order valence-electron chi connectivity index (χ0n) is 18.2. The average molecular weight is 470 g/mol. The molecule has 0 saturated carbocycles. The molecule has 0 aliphatic carbocycles. The molecule has 0 spiro atoms. The first kappa shape index (κ1) is 22.8. The largest absolute Gasteiger partial charge is 0.497 e. The Morgan fingerprint density at radius 3 is 2.52 bits per heavy atom. The molecule has 3 amide bonds. The lowest BCUT2D eigenvalue weighted by Gasteiger charge is -2.29. The predicted molar refractivity (Wildman–Crippen MR) is 127 cm³/mol. The molecule has 0 atom stereocenters. The van der Waals surface area contributed by atoms with Gasteiger partial charge in [0, 0.05) is 18.8 Å². The second-order valence-corrected chi connectivity index (χ2v) is 8.80. The van der Waals surface area contributed by atoms with Crippen LogP contribution in [0.25, 0.3) is 6.08 Å². The summed E-state index contributed by atoms with van der Waals surface area (Å²) in [5, 5.41) is 2.11. The molecule has 9 heteroatoms. The van der Waals surface area contributed by atoms with E-state index >= 15 is 0 Å². The molecule has 1 N–H and O–H groups in total. The Kier molecular flexibility index (Phi) is 6.98. The van der Waals surface area contributed by atoms with Gasteiger partial charge in [0.2, 0.25) is 5.91 Å². The van der Waals surface area contributed by atoms with Crippen LogP contribution >= 0.6 is 11.8 Å².